The molecule has 0 radical (unpaired) electrons. The minimum absolute atomic E-state index is 0.0742. The van der Waals surface area contributed by atoms with Gasteiger partial charge in [-0.25, -0.2) is 23.1 Å². The molecule has 1 aliphatic rings. The lowest BCUT2D eigenvalue weighted by molar-refractivity contribution is 0.0774. The van der Waals surface area contributed by atoms with Gasteiger partial charge in [-0.3, -0.25) is 0 Å². The van der Waals surface area contributed by atoms with Crippen LogP contribution >= 0.6 is 0 Å². The molecule has 2 N–H and O–H groups in total. The Bertz CT molecular complexity index is 512. The summed E-state index contributed by atoms with van der Waals surface area (Å²) in [5, 5.41) is 3.00. The lowest BCUT2D eigenvalue weighted by atomic mass is 10.1. The van der Waals surface area contributed by atoms with Gasteiger partial charge in [0.1, 0.15) is 4.90 Å². The molecule has 1 aromatic rings. The molecule has 0 spiro atoms. The highest BCUT2D eigenvalue weighted by Crippen LogP contribution is 2.12. The maximum absolute atomic E-state index is 12.2. The van der Waals surface area contributed by atoms with Gasteiger partial charge in [0.05, 0.1) is 19.0 Å². The van der Waals surface area contributed by atoms with Gasteiger partial charge in [0, 0.05) is 19.2 Å². The molecule has 112 valence electrons. The SMILES string of the molecule is CCCNc1ncc(S(=O)(=O)NC2CCCOC2)cn1. The van der Waals surface area contributed by atoms with Crippen LogP contribution in [0.2, 0.25) is 0 Å². The second-order valence-electron chi connectivity index (χ2n) is 4.70. The number of aromatic nitrogens is 2. The van der Waals surface area contributed by atoms with Gasteiger partial charge in [-0.05, 0) is 19.3 Å². The first-order valence-corrected chi connectivity index (χ1v) is 8.26. The standard InChI is InChI=1S/C12H20N4O3S/c1-2-5-13-12-14-7-11(8-15-12)20(17,18)16-10-4-3-6-19-9-10/h7-8,10,16H,2-6,9H2,1H3,(H,13,14,15). The van der Waals surface area contributed by atoms with E-state index in [-0.39, 0.29) is 10.9 Å². The molecule has 1 fully saturated rings. The summed E-state index contributed by atoms with van der Waals surface area (Å²) in [6.45, 7) is 3.89. The van der Waals surface area contributed by atoms with Crippen molar-refractivity contribution in [3.63, 3.8) is 0 Å². The summed E-state index contributed by atoms with van der Waals surface area (Å²) < 4.78 is 32.2. The minimum atomic E-state index is -3.58. The number of rotatable bonds is 6. The van der Waals surface area contributed by atoms with Crippen LogP contribution in [0.4, 0.5) is 5.95 Å². The highest BCUT2D eigenvalue weighted by atomic mass is 32.2. The third-order valence-corrected chi connectivity index (χ3v) is 4.43. The Morgan fingerprint density at radius 3 is 2.75 bits per heavy atom. The van der Waals surface area contributed by atoms with Crippen molar-refractivity contribution in [3.8, 4) is 0 Å². The molecule has 1 aliphatic heterocycles. The monoisotopic (exact) mass is 300 g/mol. The van der Waals surface area contributed by atoms with Crippen molar-refractivity contribution >= 4 is 16.0 Å². The Balaban J connectivity index is 2.01. The summed E-state index contributed by atoms with van der Waals surface area (Å²) in [7, 11) is -3.58. The number of hydrogen-bond acceptors (Lipinski definition) is 6. The molecule has 1 saturated heterocycles. The predicted molar refractivity (Wildman–Crippen MR) is 75.0 cm³/mol. The van der Waals surface area contributed by atoms with Crippen LogP contribution in [-0.4, -0.2) is 44.2 Å². The Hall–Kier alpha value is -1.25. The largest absolute Gasteiger partial charge is 0.380 e. The number of sulfonamides is 1. The molecule has 20 heavy (non-hydrogen) atoms. The normalized spacial score (nSPS) is 19.8. The number of hydrogen-bond donors (Lipinski definition) is 2. The van der Waals surface area contributed by atoms with Gasteiger partial charge in [0.25, 0.3) is 0 Å². The molecule has 0 aliphatic carbocycles. The molecule has 0 aromatic carbocycles. The number of nitrogens with one attached hydrogen (secondary N) is 2. The number of nitrogens with zero attached hydrogens (tertiary/aromatic N) is 2. The third-order valence-electron chi connectivity index (χ3n) is 2.95. The average Bonchev–Trinajstić information content (AvgIpc) is 2.46. The fraction of sp³-hybridized carbons (Fsp3) is 0.667. The summed E-state index contributed by atoms with van der Waals surface area (Å²) in [5.41, 5.74) is 0. The Labute approximate surface area is 119 Å². The molecule has 0 amide bonds. The average molecular weight is 300 g/mol. The summed E-state index contributed by atoms with van der Waals surface area (Å²) in [6.07, 6.45) is 5.24. The smallest absolute Gasteiger partial charge is 0.243 e. The zero-order chi connectivity index (χ0) is 14.4. The van der Waals surface area contributed by atoms with Crippen LogP contribution < -0.4 is 10.0 Å². The Kier molecular flexibility index (Phi) is 5.27. The predicted octanol–water partition coefficient (Wildman–Crippen LogP) is 0.756. The van der Waals surface area contributed by atoms with E-state index in [1.54, 1.807) is 0 Å². The Morgan fingerprint density at radius 2 is 2.15 bits per heavy atom. The van der Waals surface area contributed by atoms with Gasteiger partial charge < -0.3 is 10.1 Å². The molecule has 1 aromatic heterocycles. The van der Waals surface area contributed by atoms with Gasteiger partial charge in [-0.1, -0.05) is 6.92 Å². The molecule has 8 heteroatoms. The van der Waals surface area contributed by atoms with E-state index in [2.05, 4.69) is 20.0 Å². The maximum atomic E-state index is 12.2. The third kappa shape index (κ3) is 4.12. The number of ether oxygens (including phenoxy) is 1. The summed E-state index contributed by atoms with van der Waals surface area (Å²) >= 11 is 0. The lowest BCUT2D eigenvalue weighted by Gasteiger charge is -2.22. The van der Waals surface area contributed by atoms with E-state index in [1.807, 2.05) is 6.92 Å². The van der Waals surface area contributed by atoms with Crippen LogP contribution in [0, 0.1) is 0 Å². The van der Waals surface area contributed by atoms with Crippen molar-refractivity contribution in [2.75, 3.05) is 25.1 Å². The van der Waals surface area contributed by atoms with Crippen LogP contribution in [0.25, 0.3) is 0 Å². The second kappa shape index (κ2) is 6.96. The van der Waals surface area contributed by atoms with E-state index in [9.17, 15) is 8.42 Å². The summed E-state index contributed by atoms with van der Waals surface area (Å²) in [5.74, 6) is 0.437. The quantitative estimate of drug-likeness (QED) is 0.805. The van der Waals surface area contributed by atoms with Crippen molar-refractivity contribution in [1.82, 2.24) is 14.7 Å². The molecule has 0 bridgehead atoms. The lowest BCUT2D eigenvalue weighted by Crippen LogP contribution is -2.40. The minimum Gasteiger partial charge on any atom is -0.380 e. The fourth-order valence-corrected chi connectivity index (χ4v) is 3.05. The maximum Gasteiger partial charge on any atom is 0.243 e. The van der Waals surface area contributed by atoms with E-state index >= 15 is 0 Å². The van der Waals surface area contributed by atoms with Crippen molar-refractivity contribution < 1.29 is 13.2 Å². The second-order valence-corrected chi connectivity index (χ2v) is 6.42. The Morgan fingerprint density at radius 1 is 1.40 bits per heavy atom. The first-order valence-electron chi connectivity index (χ1n) is 6.78. The summed E-state index contributed by atoms with van der Waals surface area (Å²) in [4.78, 5) is 8.08. The van der Waals surface area contributed by atoms with Crippen molar-refractivity contribution in [2.45, 2.75) is 37.1 Å². The van der Waals surface area contributed by atoms with Gasteiger partial charge in [0.2, 0.25) is 16.0 Å². The first-order chi connectivity index (χ1) is 9.62. The first kappa shape index (κ1) is 15.1. The van der Waals surface area contributed by atoms with Gasteiger partial charge in [-0.2, -0.15) is 0 Å². The van der Waals surface area contributed by atoms with Crippen LogP contribution in [0.3, 0.4) is 0 Å². The van der Waals surface area contributed by atoms with Crippen molar-refractivity contribution in [1.29, 1.82) is 0 Å². The van der Waals surface area contributed by atoms with E-state index in [0.29, 0.717) is 19.2 Å². The molecular formula is C12H20N4O3S. The van der Waals surface area contributed by atoms with Crippen LogP contribution in [0.15, 0.2) is 17.3 Å². The highest BCUT2D eigenvalue weighted by molar-refractivity contribution is 7.89. The van der Waals surface area contributed by atoms with Gasteiger partial charge in [-0.15, -0.1) is 0 Å². The van der Waals surface area contributed by atoms with Gasteiger partial charge in [0.15, 0.2) is 0 Å². The van der Waals surface area contributed by atoms with E-state index in [1.165, 1.54) is 12.4 Å². The molecule has 1 unspecified atom stereocenters. The zero-order valence-electron chi connectivity index (χ0n) is 11.5. The van der Waals surface area contributed by atoms with E-state index in [0.717, 1.165) is 25.8 Å². The molecular weight excluding hydrogens is 280 g/mol. The zero-order valence-corrected chi connectivity index (χ0v) is 12.3. The topological polar surface area (TPSA) is 93.2 Å². The molecule has 0 saturated carbocycles. The summed E-state index contributed by atoms with van der Waals surface area (Å²) in [6, 6.07) is -0.174. The van der Waals surface area contributed by atoms with Crippen molar-refractivity contribution in [3.05, 3.63) is 12.4 Å². The highest BCUT2D eigenvalue weighted by Gasteiger charge is 2.22. The number of anilines is 1. The molecule has 7 nitrogen and oxygen atoms in total. The van der Waals surface area contributed by atoms with Gasteiger partial charge >= 0.3 is 0 Å². The molecule has 2 heterocycles. The fourth-order valence-electron chi connectivity index (χ4n) is 1.90. The van der Waals surface area contributed by atoms with Crippen LogP contribution in [0.5, 0.6) is 0 Å². The molecule has 1 atom stereocenters. The van der Waals surface area contributed by atoms with Crippen LogP contribution in [0.1, 0.15) is 26.2 Å². The van der Waals surface area contributed by atoms with E-state index < -0.39 is 10.0 Å². The van der Waals surface area contributed by atoms with E-state index in [4.69, 9.17) is 4.74 Å². The van der Waals surface area contributed by atoms with Crippen molar-refractivity contribution in [2.24, 2.45) is 0 Å². The molecule has 2 rings (SSSR count). The van der Waals surface area contributed by atoms with Crippen LogP contribution in [-0.2, 0) is 14.8 Å².